The third-order valence-corrected chi connectivity index (χ3v) is 3.71. The number of aromatic nitrogens is 3. The van der Waals surface area contributed by atoms with Crippen molar-refractivity contribution in [3.8, 4) is 0 Å². The minimum absolute atomic E-state index is 0.116. The van der Waals surface area contributed by atoms with E-state index in [-0.39, 0.29) is 6.10 Å². The van der Waals surface area contributed by atoms with Gasteiger partial charge in [-0.05, 0) is 25.2 Å². The number of alkyl halides is 1. The zero-order valence-electron chi connectivity index (χ0n) is 9.40. The van der Waals surface area contributed by atoms with Crippen LogP contribution in [0.15, 0.2) is 0 Å². The molecule has 88 valence electrons. The third kappa shape index (κ3) is 1.64. The number of ether oxygens (including phenoxy) is 1. The monoisotopic (exact) mass is 241 g/mol. The van der Waals surface area contributed by atoms with Gasteiger partial charge in [0.25, 0.3) is 0 Å². The average molecular weight is 242 g/mol. The van der Waals surface area contributed by atoms with E-state index in [1.54, 1.807) is 0 Å². The van der Waals surface area contributed by atoms with Crippen LogP contribution in [0.5, 0.6) is 0 Å². The second kappa shape index (κ2) is 4.00. The first-order valence-corrected chi connectivity index (χ1v) is 6.46. The molecular weight excluding hydrogens is 226 g/mol. The molecule has 0 spiro atoms. The summed E-state index contributed by atoms with van der Waals surface area (Å²) in [5.74, 6) is 2.85. The molecular formula is C11H16ClN3O. The summed E-state index contributed by atoms with van der Waals surface area (Å²) in [4.78, 5) is 0. The molecule has 16 heavy (non-hydrogen) atoms. The summed E-state index contributed by atoms with van der Waals surface area (Å²) in [7, 11) is 0. The Bertz CT molecular complexity index is 389. The maximum atomic E-state index is 5.90. The highest BCUT2D eigenvalue weighted by atomic mass is 35.5. The molecule has 1 aliphatic carbocycles. The zero-order chi connectivity index (χ0) is 11.1. The van der Waals surface area contributed by atoms with Crippen LogP contribution >= 0.6 is 11.6 Å². The molecule has 4 nitrogen and oxygen atoms in total. The van der Waals surface area contributed by atoms with Crippen LogP contribution < -0.4 is 0 Å². The minimum atomic E-state index is 0.116. The van der Waals surface area contributed by atoms with Gasteiger partial charge < -0.3 is 9.30 Å². The van der Waals surface area contributed by atoms with E-state index < -0.39 is 0 Å². The second-order valence-electron chi connectivity index (χ2n) is 4.77. The first-order chi connectivity index (χ1) is 7.81. The van der Waals surface area contributed by atoms with E-state index in [1.165, 1.54) is 12.8 Å². The van der Waals surface area contributed by atoms with Crippen LogP contribution in [-0.2, 0) is 10.6 Å². The standard InChI is InChI=1S/C11H16ClN3O/c1-7-4-5-16-10(7)11-14-13-9(6-12)15(11)8-2-3-8/h7-8,10H,2-6H2,1H3. The quantitative estimate of drug-likeness (QED) is 0.764. The van der Waals surface area contributed by atoms with E-state index in [1.807, 2.05) is 0 Å². The highest BCUT2D eigenvalue weighted by Gasteiger charge is 2.36. The fourth-order valence-electron chi connectivity index (χ4n) is 2.38. The summed E-state index contributed by atoms with van der Waals surface area (Å²) < 4.78 is 7.97. The summed E-state index contributed by atoms with van der Waals surface area (Å²) in [6, 6.07) is 0.565. The predicted octanol–water partition coefficient (Wildman–Crippen LogP) is 2.45. The zero-order valence-corrected chi connectivity index (χ0v) is 10.2. The molecule has 1 aliphatic heterocycles. The lowest BCUT2D eigenvalue weighted by atomic mass is 10.0. The topological polar surface area (TPSA) is 39.9 Å². The molecule has 2 aliphatic rings. The highest BCUT2D eigenvalue weighted by Crippen LogP contribution is 2.41. The molecule has 0 radical (unpaired) electrons. The Morgan fingerprint density at radius 3 is 2.75 bits per heavy atom. The van der Waals surface area contributed by atoms with Crippen LogP contribution in [0.25, 0.3) is 0 Å². The molecule has 3 rings (SSSR count). The Kier molecular flexibility index (Phi) is 2.64. The Balaban J connectivity index is 1.96. The van der Waals surface area contributed by atoms with Crippen molar-refractivity contribution in [2.75, 3.05) is 6.61 Å². The lowest BCUT2D eigenvalue weighted by molar-refractivity contribution is 0.0837. The van der Waals surface area contributed by atoms with Gasteiger partial charge in [-0.2, -0.15) is 0 Å². The smallest absolute Gasteiger partial charge is 0.162 e. The molecule has 0 N–H and O–H groups in total. The molecule has 2 unspecified atom stereocenters. The number of rotatable bonds is 3. The van der Waals surface area contributed by atoms with E-state index in [9.17, 15) is 0 Å². The van der Waals surface area contributed by atoms with Gasteiger partial charge in [-0.15, -0.1) is 21.8 Å². The molecule has 0 amide bonds. The number of halogens is 1. The van der Waals surface area contributed by atoms with Crippen molar-refractivity contribution in [3.05, 3.63) is 11.6 Å². The molecule has 1 saturated carbocycles. The molecule has 0 aromatic carbocycles. The van der Waals surface area contributed by atoms with Crippen LogP contribution in [0.3, 0.4) is 0 Å². The van der Waals surface area contributed by atoms with E-state index in [0.29, 0.717) is 17.8 Å². The third-order valence-electron chi connectivity index (χ3n) is 3.47. The Labute approximate surface area is 99.9 Å². The molecule has 2 atom stereocenters. The van der Waals surface area contributed by atoms with Crippen molar-refractivity contribution in [3.63, 3.8) is 0 Å². The fraction of sp³-hybridized carbons (Fsp3) is 0.818. The molecule has 2 fully saturated rings. The van der Waals surface area contributed by atoms with E-state index in [2.05, 4.69) is 21.7 Å². The molecule has 1 aromatic rings. The van der Waals surface area contributed by atoms with E-state index >= 15 is 0 Å². The summed E-state index contributed by atoms with van der Waals surface area (Å²) >= 11 is 5.90. The van der Waals surface area contributed by atoms with E-state index in [0.717, 1.165) is 24.7 Å². The first-order valence-electron chi connectivity index (χ1n) is 5.92. The first kappa shape index (κ1) is 10.5. The molecule has 1 aromatic heterocycles. The molecule has 1 saturated heterocycles. The van der Waals surface area contributed by atoms with Crippen LogP contribution in [-0.4, -0.2) is 21.4 Å². The summed E-state index contributed by atoms with van der Waals surface area (Å²) in [5.41, 5.74) is 0. The van der Waals surface area contributed by atoms with Crippen LogP contribution in [0.1, 0.15) is 50.0 Å². The van der Waals surface area contributed by atoms with Crippen molar-refractivity contribution in [1.29, 1.82) is 0 Å². The predicted molar refractivity (Wildman–Crippen MR) is 60.3 cm³/mol. The van der Waals surface area contributed by atoms with Crippen molar-refractivity contribution in [1.82, 2.24) is 14.8 Å². The van der Waals surface area contributed by atoms with Gasteiger partial charge in [0.15, 0.2) is 5.82 Å². The van der Waals surface area contributed by atoms with Gasteiger partial charge in [0.2, 0.25) is 0 Å². The van der Waals surface area contributed by atoms with Crippen LogP contribution in [0.2, 0.25) is 0 Å². The van der Waals surface area contributed by atoms with Gasteiger partial charge in [0.1, 0.15) is 11.9 Å². The van der Waals surface area contributed by atoms with Crippen molar-refractivity contribution >= 4 is 11.6 Å². The molecule has 0 bridgehead atoms. The van der Waals surface area contributed by atoms with Crippen LogP contribution in [0.4, 0.5) is 0 Å². The SMILES string of the molecule is CC1CCOC1c1nnc(CCl)n1C1CC1. The number of nitrogens with zero attached hydrogens (tertiary/aromatic N) is 3. The summed E-state index contributed by atoms with van der Waals surface area (Å²) in [5, 5.41) is 8.46. The van der Waals surface area contributed by atoms with Gasteiger partial charge in [0, 0.05) is 12.6 Å². The lowest BCUT2D eigenvalue weighted by Gasteiger charge is -2.15. The lowest BCUT2D eigenvalue weighted by Crippen LogP contribution is -2.13. The van der Waals surface area contributed by atoms with Crippen molar-refractivity contribution in [2.24, 2.45) is 5.92 Å². The van der Waals surface area contributed by atoms with E-state index in [4.69, 9.17) is 16.3 Å². The second-order valence-corrected chi connectivity index (χ2v) is 5.03. The van der Waals surface area contributed by atoms with Gasteiger partial charge in [-0.25, -0.2) is 0 Å². The Morgan fingerprint density at radius 1 is 1.38 bits per heavy atom. The summed E-state index contributed by atoms with van der Waals surface area (Å²) in [6.07, 6.45) is 3.66. The molecule has 5 heteroatoms. The Hall–Kier alpha value is -0.610. The largest absolute Gasteiger partial charge is 0.370 e. The summed E-state index contributed by atoms with van der Waals surface area (Å²) in [6.45, 7) is 3.05. The van der Waals surface area contributed by atoms with Gasteiger partial charge >= 0.3 is 0 Å². The molecule has 2 heterocycles. The van der Waals surface area contributed by atoms with Crippen molar-refractivity contribution < 1.29 is 4.74 Å². The van der Waals surface area contributed by atoms with Crippen LogP contribution in [0, 0.1) is 5.92 Å². The highest BCUT2D eigenvalue weighted by molar-refractivity contribution is 6.16. The number of hydrogen-bond donors (Lipinski definition) is 0. The average Bonchev–Trinajstić information content (AvgIpc) is 2.90. The fourth-order valence-corrected chi connectivity index (χ4v) is 2.56. The Morgan fingerprint density at radius 2 is 2.19 bits per heavy atom. The van der Waals surface area contributed by atoms with Gasteiger partial charge in [-0.1, -0.05) is 6.92 Å². The van der Waals surface area contributed by atoms with Gasteiger partial charge in [-0.3, -0.25) is 0 Å². The minimum Gasteiger partial charge on any atom is -0.370 e. The maximum Gasteiger partial charge on any atom is 0.162 e. The number of hydrogen-bond acceptors (Lipinski definition) is 3. The maximum absolute atomic E-state index is 5.90. The van der Waals surface area contributed by atoms with Gasteiger partial charge in [0.05, 0.1) is 5.88 Å². The van der Waals surface area contributed by atoms with Crippen molar-refractivity contribution in [2.45, 2.75) is 44.2 Å². The normalized spacial score (nSPS) is 29.9.